The predicted molar refractivity (Wildman–Crippen MR) is 74.6 cm³/mol. The molecule has 0 aromatic heterocycles. The molecule has 100 valence electrons. The highest BCUT2D eigenvalue weighted by Gasteiger charge is 2.40. The third kappa shape index (κ3) is 3.16. The van der Waals surface area contributed by atoms with Gasteiger partial charge in [-0.2, -0.15) is 11.8 Å². The molecule has 17 heavy (non-hydrogen) atoms. The summed E-state index contributed by atoms with van der Waals surface area (Å²) < 4.78 is 5.82. The van der Waals surface area contributed by atoms with Gasteiger partial charge in [-0.15, -0.1) is 0 Å². The minimum absolute atomic E-state index is 0.226. The van der Waals surface area contributed by atoms with Crippen LogP contribution >= 0.6 is 11.8 Å². The van der Waals surface area contributed by atoms with Gasteiger partial charge in [0, 0.05) is 31.0 Å². The van der Waals surface area contributed by atoms with Gasteiger partial charge in [-0.05, 0) is 38.0 Å². The lowest BCUT2D eigenvalue weighted by Crippen LogP contribution is -2.59. The fourth-order valence-electron chi connectivity index (χ4n) is 3.08. The topological polar surface area (TPSA) is 38.5 Å². The molecule has 2 fully saturated rings. The van der Waals surface area contributed by atoms with E-state index in [1.165, 1.54) is 31.0 Å². The van der Waals surface area contributed by atoms with Gasteiger partial charge in [0.25, 0.3) is 0 Å². The highest BCUT2D eigenvalue weighted by atomic mass is 32.2. The summed E-state index contributed by atoms with van der Waals surface area (Å²) in [6.45, 7) is 6.32. The lowest BCUT2D eigenvalue weighted by atomic mass is 9.84. The summed E-state index contributed by atoms with van der Waals surface area (Å²) in [7, 11) is 0. The molecule has 0 aromatic carbocycles. The van der Waals surface area contributed by atoms with Gasteiger partial charge in [-0.1, -0.05) is 6.92 Å². The average molecular weight is 258 g/mol. The molecule has 0 radical (unpaired) electrons. The molecule has 2 unspecified atom stereocenters. The van der Waals surface area contributed by atoms with Crippen LogP contribution in [0.4, 0.5) is 0 Å². The van der Waals surface area contributed by atoms with Crippen LogP contribution in [0.5, 0.6) is 0 Å². The quantitative estimate of drug-likeness (QED) is 0.836. The summed E-state index contributed by atoms with van der Waals surface area (Å²) in [5.41, 5.74) is 6.36. The van der Waals surface area contributed by atoms with E-state index in [1.54, 1.807) is 0 Å². The normalized spacial score (nSPS) is 36.7. The molecule has 0 amide bonds. The summed E-state index contributed by atoms with van der Waals surface area (Å²) in [5, 5.41) is 0. The van der Waals surface area contributed by atoms with Crippen LogP contribution in [-0.4, -0.2) is 54.3 Å². The Morgan fingerprint density at radius 2 is 2.29 bits per heavy atom. The van der Waals surface area contributed by atoms with Gasteiger partial charge in [-0.25, -0.2) is 0 Å². The first kappa shape index (κ1) is 13.7. The van der Waals surface area contributed by atoms with Crippen LogP contribution in [0.15, 0.2) is 0 Å². The SMILES string of the molecule is CCC1CC(CN)(N2CCCSCC2)CCO1. The van der Waals surface area contributed by atoms with Gasteiger partial charge in [0.15, 0.2) is 0 Å². The Morgan fingerprint density at radius 1 is 1.41 bits per heavy atom. The highest BCUT2D eigenvalue weighted by Crippen LogP contribution is 2.32. The Labute approximate surface area is 109 Å². The number of nitrogens with zero attached hydrogens (tertiary/aromatic N) is 1. The van der Waals surface area contributed by atoms with Crippen molar-refractivity contribution < 1.29 is 4.74 Å². The zero-order valence-corrected chi connectivity index (χ0v) is 11.8. The molecule has 0 bridgehead atoms. The Morgan fingerprint density at radius 3 is 3.06 bits per heavy atom. The fourth-order valence-corrected chi connectivity index (χ4v) is 3.97. The van der Waals surface area contributed by atoms with Crippen LogP contribution in [0.3, 0.4) is 0 Å². The van der Waals surface area contributed by atoms with Crippen LogP contribution in [0.25, 0.3) is 0 Å². The van der Waals surface area contributed by atoms with E-state index in [0.29, 0.717) is 6.10 Å². The first-order chi connectivity index (χ1) is 8.30. The molecule has 0 saturated carbocycles. The lowest BCUT2D eigenvalue weighted by molar-refractivity contribution is -0.0700. The number of hydrogen-bond acceptors (Lipinski definition) is 4. The van der Waals surface area contributed by atoms with Gasteiger partial charge >= 0.3 is 0 Å². The van der Waals surface area contributed by atoms with Crippen molar-refractivity contribution in [3.8, 4) is 0 Å². The van der Waals surface area contributed by atoms with Crippen molar-refractivity contribution in [2.75, 3.05) is 37.7 Å². The second-order valence-electron chi connectivity index (χ2n) is 5.24. The molecule has 0 spiro atoms. The van der Waals surface area contributed by atoms with Crippen molar-refractivity contribution in [1.29, 1.82) is 0 Å². The molecule has 0 aromatic rings. The average Bonchev–Trinajstić information content (AvgIpc) is 2.68. The molecule has 0 aliphatic carbocycles. The van der Waals surface area contributed by atoms with Crippen molar-refractivity contribution >= 4 is 11.8 Å². The zero-order valence-electron chi connectivity index (χ0n) is 11.0. The minimum Gasteiger partial charge on any atom is -0.378 e. The van der Waals surface area contributed by atoms with Crippen LogP contribution in [0, 0.1) is 0 Å². The highest BCUT2D eigenvalue weighted by molar-refractivity contribution is 7.99. The maximum absolute atomic E-state index is 6.13. The summed E-state index contributed by atoms with van der Waals surface area (Å²) in [6, 6.07) is 0. The molecule has 2 rings (SSSR count). The number of thioether (sulfide) groups is 1. The molecular weight excluding hydrogens is 232 g/mol. The third-order valence-corrected chi connectivity index (χ3v) is 5.31. The molecule has 2 aliphatic rings. The predicted octanol–water partition coefficient (Wildman–Crippen LogP) is 1.71. The zero-order chi connectivity index (χ0) is 12.1. The largest absolute Gasteiger partial charge is 0.378 e. The molecule has 2 N–H and O–H groups in total. The molecule has 2 atom stereocenters. The first-order valence-electron chi connectivity index (χ1n) is 6.95. The van der Waals surface area contributed by atoms with E-state index in [0.717, 1.165) is 32.4 Å². The number of rotatable bonds is 3. The number of nitrogens with two attached hydrogens (primary N) is 1. The smallest absolute Gasteiger partial charge is 0.0590 e. The maximum atomic E-state index is 6.13. The number of ether oxygens (including phenoxy) is 1. The van der Waals surface area contributed by atoms with E-state index in [9.17, 15) is 0 Å². The molecular formula is C13H26N2OS. The summed E-state index contributed by atoms with van der Waals surface area (Å²) in [5.74, 6) is 2.57. The fraction of sp³-hybridized carbons (Fsp3) is 1.00. The van der Waals surface area contributed by atoms with Crippen LogP contribution in [-0.2, 0) is 4.74 Å². The number of hydrogen-bond donors (Lipinski definition) is 1. The van der Waals surface area contributed by atoms with Crippen molar-refractivity contribution in [1.82, 2.24) is 4.90 Å². The van der Waals surface area contributed by atoms with Crippen molar-refractivity contribution in [3.05, 3.63) is 0 Å². The Kier molecular flexibility index (Phi) is 5.15. The van der Waals surface area contributed by atoms with Crippen molar-refractivity contribution in [2.24, 2.45) is 5.73 Å². The van der Waals surface area contributed by atoms with E-state index >= 15 is 0 Å². The van der Waals surface area contributed by atoms with Crippen molar-refractivity contribution in [3.63, 3.8) is 0 Å². The monoisotopic (exact) mass is 258 g/mol. The molecule has 3 nitrogen and oxygen atoms in total. The van der Waals surface area contributed by atoms with Crippen molar-refractivity contribution in [2.45, 2.75) is 44.2 Å². The second-order valence-corrected chi connectivity index (χ2v) is 6.46. The summed E-state index contributed by atoms with van der Waals surface area (Å²) in [6.07, 6.45) is 5.09. The second kappa shape index (κ2) is 6.41. The van der Waals surface area contributed by atoms with E-state index in [2.05, 4.69) is 23.6 Å². The van der Waals surface area contributed by atoms with Crippen LogP contribution in [0.1, 0.15) is 32.6 Å². The van der Waals surface area contributed by atoms with Crippen LogP contribution < -0.4 is 5.73 Å². The van der Waals surface area contributed by atoms with E-state index in [1.807, 2.05) is 0 Å². The van der Waals surface area contributed by atoms with Gasteiger partial charge in [0.2, 0.25) is 0 Å². The van der Waals surface area contributed by atoms with E-state index < -0.39 is 0 Å². The molecule has 4 heteroatoms. The van der Waals surface area contributed by atoms with E-state index in [4.69, 9.17) is 10.5 Å². The van der Waals surface area contributed by atoms with E-state index in [-0.39, 0.29) is 5.54 Å². The van der Waals surface area contributed by atoms with Gasteiger partial charge in [-0.3, -0.25) is 4.90 Å². The first-order valence-corrected chi connectivity index (χ1v) is 8.11. The minimum atomic E-state index is 0.226. The third-order valence-electron chi connectivity index (χ3n) is 4.26. The standard InChI is InChI=1S/C13H26N2OS/c1-2-12-10-13(11-14,4-7-16-12)15-5-3-8-17-9-6-15/h12H,2-11,14H2,1H3. The molecule has 2 aliphatic heterocycles. The lowest BCUT2D eigenvalue weighted by Gasteiger charge is -2.47. The van der Waals surface area contributed by atoms with Gasteiger partial charge in [0.05, 0.1) is 6.10 Å². The maximum Gasteiger partial charge on any atom is 0.0590 e. The Bertz CT molecular complexity index is 231. The Balaban J connectivity index is 2.05. The van der Waals surface area contributed by atoms with Crippen LogP contribution in [0.2, 0.25) is 0 Å². The molecule has 2 saturated heterocycles. The van der Waals surface area contributed by atoms with Gasteiger partial charge < -0.3 is 10.5 Å². The Hall–Kier alpha value is 0.230. The molecule has 2 heterocycles. The summed E-state index contributed by atoms with van der Waals surface area (Å²) >= 11 is 2.09. The summed E-state index contributed by atoms with van der Waals surface area (Å²) in [4.78, 5) is 2.66. The van der Waals surface area contributed by atoms with Gasteiger partial charge in [0.1, 0.15) is 0 Å².